The van der Waals surface area contributed by atoms with Gasteiger partial charge in [-0.1, -0.05) is 29.8 Å². The number of ether oxygens (including phenoxy) is 1. The number of benzene rings is 2. The van der Waals surface area contributed by atoms with Crippen LogP contribution in [0.3, 0.4) is 0 Å². The van der Waals surface area contributed by atoms with E-state index in [-0.39, 0.29) is 0 Å². The standard InChI is InChI=1S/C16H12Cl2OS/c17-8-11-7-13(18)5-6-15(11)19-9-12-10-20-16-4-2-1-3-14(12)16/h1-7,10H,8-9H2. The number of fused-ring (bicyclic) bond motifs is 1. The van der Waals surface area contributed by atoms with Gasteiger partial charge in [-0.25, -0.2) is 0 Å². The smallest absolute Gasteiger partial charge is 0.124 e. The summed E-state index contributed by atoms with van der Waals surface area (Å²) in [5, 5.41) is 4.06. The average Bonchev–Trinajstić information content (AvgIpc) is 2.89. The third-order valence-corrected chi connectivity index (χ3v) is 4.65. The Balaban J connectivity index is 1.83. The van der Waals surface area contributed by atoms with E-state index in [1.165, 1.54) is 15.6 Å². The number of hydrogen-bond donors (Lipinski definition) is 0. The molecular weight excluding hydrogens is 311 g/mol. The van der Waals surface area contributed by atoms with Gasteiger partial charge in [0.1, 0.15) is 12.4 Å². The molecule has 0 aliphatic carbocycles. The fraction of sp³-hybridized carbons (Fsp3) is 0.125. The number of thiophene rings is 1. The molecule has 0 N–H and O–H groups in total. The highest BCUT2D eigenvalue weighted by Crippen LogP contribution is 2.29. The maximum atomic E-state index is 5.96. The highest BCUT2D eigenvalue weighted by molar-refractivity contribution is 7.17. The van der Waals surface area contributed by atoms with Crippen LogP contribution in [0.5, 0.6) is 5.75 Å². The van der Waals surface area contributed by atoms with Crippen LogP contribution in [-0.2, 0) is 12.5 Å². The first-order chi connectivity index (χ1) is 9.78. The van der Waals surface area contributed by atoms with E-state index >= 15 is 0 Å². The summed E-state index contributed by atoms with van der Waals surface area (Å²) in [4.78, 5) is 0. The van der Waals surface area contributed by atoms with E-state index in [2.05, 4.69) is 17.5 Å². The van der Waals surface area contributed by atoms with Gasteiger partial charge in [-0.3, -0.25) is 0 Å². The van der Waals surface area contributed by atoms with E-state index in [4.69, 9.17) is 27.9 Å². The minimum Gasteiger partial charge on any atom is -0.489 e. The molecule has 2 aromatic carbocycles. The first-order valence-corrected chi connectivity index (χ1v) is 7.99. The predicted molar refractivity (Wildman–Crippen MR) is 87.2 cm³/mol. The summed E-state index contributed by atoms with van der Waals surface area (Å²) < 4.78 is 7.18. The zero-order valence-electron chi connectivity index (χ0n) is 10.6. The van der Waals surface area contributed by atoms with Crippen molar-refractivity contribution < 1.29 is 4.74 Å². The maximum Gasteiger partial charge on any atom is 0.124 e. The molecule has 102 valence electrons. The van der Waals surface area contributed by atoms with Crippen molar-refractivity contribution in [2.75, 3.05) is 0 Å². The zero-order chi connectivity index (χ0) is 13.9. The molecule has 0 fully saturated rings. The van der Waals surface area contributed by atoms with Gasteiger partial charge < -0.3 is 4.74 Å². The molecule has 3 rings (SSSR count). The van der Waals surface area contributed by atoms with Crippen LogP contribution >= 0.6 is 34.5 Å². The van der Waals surface area contributed by atoms with E-state index in [0.717, 1.165) is 11.3 Å². The molecule has 20 heavy (non-hydrogen) atoms. The van der Waals surface area contributed by atoms with E-state index in [0.29, 0.717) is 17.5 Å². The van der Waals surface area contributed by atoms with E-state index in [1.54, 1.807) is 11.3 Å². The van der Waals surface area contributed by atoms with Gasteiger partial charge in [-0.2, -0.15) is 0 Å². The molecule has 1 aromatic heterocycles. The summed E-state index contributed by atoms with van der Waals surface area (Å²) in [7, 11) is 0. The summed E-state index contributed by atoms with van der Waals surface area (Å²) in [6.45, 7) is 0.537. The normalized spacial score (nSPS) is 10.9. The summed E-state index contributed by atoms with van der Waals surface area (Å²) in [6, 6.07) is 13.9. The third kappa shape index (κ3) is 2.78. The minimum absolute atomic E-state index is 0.389. The molecule has 1 nitrogen and oxygen atoms in total. The number of rotatable bonds is 4. The first kappa shape index (κ1) is 13.7. The third-order valence-electron chi connectivity index (χ3n) is 3.11. The zero-order valence-corrected chi connectivity index (χ0v) is 12.9. The van der Waals surface area contributed by atoms with Crippen molar-refractivity contribution in [2.24, 2.45) is 0 Å². The van der Waals surface area contributed by atoms with Crippen LogP contribution in [0, 0.1) is 0 Å². The topological polar surface area (TPSA) is 9.23 Å². The van der Waals surface area contributed by atoms with Crippen molar-refractivity contribution >= 4 is 44.6 Å². The van der Waals surface area contributed by atoms with Gasteiger partial charge in [-0.05, 0) is 35.0 Å². The van der Waals surface area contributed by atoms with Gasteiger partial charge in [0.05, 0.1) is 5.88 Å². The van der Waals surface area contributed by atoms with E-state index in [9.17, 15) is 0 Å². The summed E-state index contributed by atoms with van der Waals surface area (Å²) in [5.41, 5.74) is 2.11. The van der Waals surface area contributed by atoms with Crippen LogP contribution in [0.1, 0.15) is 11.1 Å². The maximum absolute atomic E-state index is 5.96. The second kappa shape index (κ2) is 6.04. The quantitative estimate of drug-likeness (QED) is 0.545. The monoisotopic (exact) mass is 322 g/mol. The molecule has 4 heteroatoms. The van der Waals surface area contributed by atoms with Crippen LogP contribution in [0.15, 0.2) is 47.8 Å². The molecule has 0 atom stereocenters. The van der Waals surface area contributed by atoms with Crippen molar-refractivity contribution in [3.63, 3.8) is 0 Å². The lowest BCUT2D eigenvalue weighted by Gasteiger charge is -2.10. The molecule has 0 aliphatic heterocycles. The molecule has 0 saturated heterocycles. The van der Waals surface area contributed by atoms with Crippen LogP contribution in [0.25, 0.3) is 10.1 Å². The molecule has 0 bridgehead atoms. The highest BCUT2D eigenvalue weighted by atomic mass is 35.5. The summed E-state index contributed by atoms with van der Waals surface area (Å²) in [5.74, 6) is 1.18. The van der Waals surface area contributed by atoms with Crippen molar-refractivity contribution in [2.45, 2.75) is 12.5 Å². The number of hydrogen-bond acceptors (Lipinski definition) is 2. The minimum atomic E-state index is 0.389. The lowest BCUT2D eigenvalue weighted by atomic mass is 10.2. The predicted octanol–water partition coefficient (Wildman–Crippen LogP) is 5.87. The van der Waals surface area contributed by atoms with Gasteiger partial charge >= 0.3 is 0 Å². The van der Waals surface area contributed by atoms with E-state index in [1.807, 2.05) is 30.3 Å². The van der Waals surface area contributed by atoms with Crippen LogP contribution in [0.2, 0.25) is 5.02 Å². The number of alkyl halides is 1. The van der Waals surface area contributed by atoms with Crippen LogP contribution in [0.4, 0.5) is 0 Å². The van der Waals surface area contributed by atoms with E-state index < -0.39 is 0 Å². The first-order valence-electron chi connectivity index (χ1n) is 6.20. The Morgan fingerprint density at radius 3 is 2.75 bits per heavy atom. The van der Waals surface area contributed by atoms with Crippen molar-refractivity contribution in [3.05, 3.63) is 64.0 Å². The lowest BCUT2D eigenvalue weighted by Crippen LogP contribution is -1.97. The molecule has 0 amide bonds. The van der Waals surface area contributed by atoms with Gasteiger partial charge in [0.25, 0.3) is 0 Å². The Kier molecular flexibility index (Phi) is 4.16. The van der Waals surface area contributed by atoms with Crippen LogP contribution < -0.4 is 4.74 Å². The second-order valence-corrected chi connectivity index (χ2v) is 6.05. The van der Waals surface area contributed by atoms with Gasteiger partial charge in [0.15, 0.2) is 0 Å². The Bertz CT molecular complexity index is 736. The van der Waals surface area contributed by atoms with Crippen LogP contribution in [-0.4, -0.2) is 0 Å². The lowest BCUT2D eigenvalue weighted by molar-refractivity contribution is 0.305. The Hall–Kier alpha value is -1.22. The molecule has 0 saturated carbocycles. The largest absolute Gasteiger partial charge is 0.489 e. The van der Waals surface area contributed by atoms with Gasteiger partial charge in [0, 0.05) is 20.8 Å². The Labute approximate surface area is 131 Å². The summed E-state index contributed by atoms with van der Waals surface area (Å²) >= 11 is 13.6. The van der Waals surface area contributed by atoms with Crippen molar-refractivity contribution in [3.8, 4) is 5.75 Å². The van der Waals surface area contributed by atoms with Gasteiger partial charge in [-0.15, -0.1) is 22.9 Å². The Morgan fingerprint density at radius 1 is 1.05 bits per heavy atom. The Morgan fingerprint density at radius 2 is 1.90 bits per heavy atom. The molecule has 3 aromatic rings. The molecule has 0 spiro atoms. The molecular formula is C16H12Cl2OS. The van der Waals surface area contributed by atoms with Crippen molar-refractivity contribution in [1.82, 2.24) is 0 Å². The van der Waals surface area contributed by atoms with Crippen molar-refractivity contribution in [1.29, 1.82) is 0 Å². The highest BCUT2D eigenvalue weighted by Gasteiger charge is 2.07. The second-order valence-electron chi connectivity index (χ2n) is 4.43. The SMILES string of the molecule is ClCc1cc(Cl)ccc1OCc1csc2ccccc12. The molecule has 0 aliphatic rings. The molecule has 0 radical (unpaired) electrons. The number of halogens is 2. The molecule has 1 heterocycles. The fourth-order valence-electron chi connectivity index (χ4n) is 2.09. The average molecular weight is 323 g/mol. The van der Waals surface area contributed by atoms with Gasteiger partial charge in [0.2, 0.25) is 0 Å². The summed E-state index contributed by atoms with van der Waals surface area (Å²) in [6.07, 6.45) is 0. The fourth-order valence-corrected chi connectivity index (χ4v) is 3.44. The molecule has 0 unspecified atom stereocenters.